The lowest BCUT2D eigenvalue weighted by Gasteiger charge is -2.16. The lowest BCUT2D eigenvalue weighted by molar-refractivity contribution is 0.0810. The first-order valence-electron chi connectivity index (χ1n) is 9.01. The van der Waals surface area contributed by atoms with Crippen LogP contribution in [0.3, 0.4) is 0 Å². The zero-order chi connectivity index (χ0) is 19.9. The molecule has 6 nitrogen and oxygen atoms in total. The van der Waals surface area contributed by atoms with Crippen LogP contribution in [0.25, 0.3) is 5.69 Å². The Balaban J connectivity index is 2.12. The second-order valence-corrected chi connectivity index (χ2v) is 14.2. The highest BCUT2D eigenvalue weighted by Crippen LogP contribution is 2.14. The highest BCUT2D eigenvalue weighted by atomic mass is 127. The van der Waals surface area contributed by atoms with Crippen molar-refractivity contribution in [2.45, 2.75) is 38.8 Å². The molecule has 1 heterocycles. The van der Waals surface area contributed by atoms with E-state index in [1.54, 1.807) is 0 Å². The largest absolute Gasteiger partial charge is 0.494 e. The van der Waals surface area contributed by atoms with E-state index in [4.69, 9.17) is 9.47 Å². The molecule has 2 rings (SSSR count). The molecule has 0 aliphatic carbocycles. The Kier molecular flexibility index (Phi) is 8.30. The lowest BCUT2D eigenvalue weighted by atomic mass is 10.3. The van der Waals surface area contributed by atoms with Crippen molar-refractivity contribution in [2.24, 2.45) is 0 Å². The molecule has 148 valence electrons. The van der Waals surface area contributed by atoms with Crippen LogP contribution in [0.4, 0.5) is 0 Å². The number of hydrogen-bond acceptors (Lipinski definition) is 4. The summed E-state index contributed by atoms with van der Waals surface area (Å²) in [5.41, 5.74) is -0.0887. The van der Waals surface area contributed by atoms with Crippen molar-refractivity contribution in [2.75, 3.05) is 17.6 Å². The summed E-state index contributed by atoms with van der Waals surface area (Å²) >= 11 is 2.31. The molecule has 0 N–H and O–H groups in total. The van der Waals surface area contributed by atoms with Crippen molar-refractivity contribution in [1.82, 2.24) is 9.13 Å². The molecule has 27 heavy (non-hydrogen) atoms. The van der Waals surface area contributed by atoms with Crippen LogP contribution in [0.2, 0.25) is 25.7 Å². The predicted octanol–water partition coefficient (Wildman–Crippen LogP) is 3.52. The van der Waals surface area contributed by atoms with E-state index in [-0.39, 0.29) is 12.3 Å². The average Bonchev–Trinajstić information content (AvgIpc) is 2.61. The fourth-order valence-corrected chi connectivity index (χ4v) is 3.38. The molecule has 0 aliphatic rings. The molecule has 0 atom stereocenters. The number of nitrogens with zero attached hydrogens (tertiary/aromatic N) is 2. The number of alkyl halides is 1. The summed E-state index contributed by atoms with van der Waals surface area (Å²) in [5, 5.41) is 0. The van der Waals surface area contributed by atoms with Crippen LogP contribution >= 0.6 is 22.6 Å². The normalized spacial score (nSPS) is 11.6. The number of halogens is 1. The molecule has 0 saturated carbocycles. The molecular formula is C19H27IN2O4Si. The van der Waals surface area contributed by atoms with E-state index in [2.05, 4.69) is 42.2 Å². The number of rotatable bonds is 10. The molecule has 0 aliphatic heterocycles. The van der Waals surface area contributed by atoms with Crippen molar-refractivity contribution < 1.29 is 9.47 Å². The number of ether oxygens (including phenoxy) is 2. The minimum Gasteiger partial charge on any atom is -0.494 e. The molecule has 0 fully saturated rings. The Labute approximate surface area is 174 Å². The Bertz CT molecular complexity index is 841. The average molecular weight is 502 g/mol. The smallest absolute Gasteiger partial charge is 0.337 e. The third-order valence-corrected chi connectivity index (χ3v) is 6.41. The van der Waals surface area contributed by atoms with Gasteiger partial charge in [-0.25, -0.2) is 9.36 Å². The highest BCUT2D eigenvalue weighted by molar-refractivity contribution is 14.1. The van der Waals surface area contributed by atoms with E-state index in [0.29, 0.717) is 18.9 Å². The minimum absolute atomic E-state index is 0.0273. The van der Waals surface area contributed by atoms with Crippen LogP contribution < -0.4 is 16.0 Å². The van der Waals surface area contributed by atoms with Crippen LogP contribution in [0.15, 0.2) is 46.1 Å². The van der Waals surface area contributed by atoms with E-state index in [9.17, 15) is 9.59 Å². The number of aromatic nitrogens is 2. The van der Waals surface area contributed by atoms with E-state index >= 15 is 0 Å². The van der Waals surface area contributed by atoms with E-state index in [1.165, 1.54) is 16.8 Å². The maximum Gasteiger partial charge on any atom is 0.337 e. The van der Waals surface area contributed by atoms with Crippen LogP contribution in [0, 0.1) is 0 Å². The topological polar surface area (TPSA) is 62.5 Å². The zero-order valence-electron chi connectivity index (χ0n) is 16.1. The number of benzene rings is 1. The summed E-state index contributed by atoms with van der Waals surface area (Å²) in [4.78, 5) is 24.8. The van der Waals surface area contributed by atoms with Crippen molar-refractivity contribution in [3.05, 3.63) is 57.4 Å². The van der Waals surface area contributed by atoms with Gasteiger partial charge in [0.15, 0.2) is 0 Å². The summed E-state index contributed by atoms with van der Waals surface area (Å²) in [7, 11) is -1.21. The fraction of sp³-hybridized carbons (Fsp3) is 0.474. The predicted molar refractivity (Wildman–Crippen MR) is 119 cm³/mol. The van der Waals surface area contributed by atoms with Crippen LogP contribution in [0.1, 0.15) is 6.42 Å². The molecule has 2 aromatic rings. The summed E-state index contributed by atoms with van der Waals surface area (Å²) in [5.74, 6) is 0.764. The van der Waals surface area contributed by atoms with Gasteiger partial charge in [-0.05, 0) is 36.7 Å². The molecule has 0 amide bonds. The Hall–Kier alpha value is -1.39. The molecule has 8 heteroatoms. The van der Waals surface area contributed by atoms with Gasteiger partial charge in [0.25, 0.3) is 5.56 Å². The minimum atomic E-state index is -1.21. The molecule has 0 bridgehead atoms. The highest BCUT2D eigenvalue weighted by Gasteiger charge is 2.13. The van der Waals surface area contributed by atoms with E-state index in [1.807, 2.05) is 24.3 Å². The standard InChI is InChI=1S/C19H27IN2O4Si/c1-27(2,3)14-13-25-15-22-18(23)9-11-21(19(22)24)16-5-7-17(8-6-16)26-12-4-10-20/h5-9,11H,4,10,12-15H2,1-3H3. The van der Waals surface area contributed by atoms with Crippen molar-refractivity contribution >= 4 is 30.7 Å². The van der Waals surface area contributed by atoms with Crippen LogP contribution in [0.5, 0.6) is 5.75 Å². The fourth-order valence-electron chi connectivity index (χ4n) is 2.31. The van der Waals surface area contributed by atoms with Gasteiger partial charge >= 0.3 is 5.69 Å². The maximum absolute atomic E-state index is 12.7. The molecular weight excluding hydrogens is 475 g/mol. The Morgan fingerprint density at radius 1 is 1.04 bits per heavy atom. The Morgan fingerprint density at radius 2 is 1.74 bits per heavy atom. The first-order valence-corrected chi connectivity index (χ1v) is 14.2. The van der Waals surface area contributed by atoms with Gasteiger partial charge in [-0.2, -0.15) is 0 Å². The van der Waals surface area contributed by atoms with Gasteiger partial charge in [-0.3, -0.25) is 9.36 Å². The summed E-state index contributed by atoms with van der Waals surface area (Å²) in [6, 6.07) is 9.64. The molecule has 0 radical (unpaired) electrons. The second-order valence-electron chi connectivity index (χ2n) is 7.47. The van der Waals surface area contributed by atoms with Crippen LogP contribution in [-0.4, -0.2) is 34.8 Å². The summed E-state index contributed by atoms with van der Waals surface area (Å²) < 4.78 is 14.8. The monoisotopic (exact) mass is 502 g/mol. The number of hydrogen-bond donors (Lipinski definition) is 0. The van der Waals surface area contributed by atoms with Gasteiger partial charge in [0, 0.05) is 31.4 Å². The quantitative estimate of drug-likeness (QED) is 0.216. The van der Waals surface area contributed by atoms with E-state index < -0.39 is 13.8 Å². The summed E-state index contributed by atoms with van der Waals surface area (Å²) in [6.07, 6.45) is 2.49. The van der Waals surface area contributed by atoms with Crippen molar-refractivity contribution in [3.8, 4) is 11.4 Å². The third kappa shape index (κ3) is 6.93. The maximum atomic E-state index is 12.7. The molecule has 0 unspecified atom stereocenters. The lowest BCUT2D eigenvalue weighted by Crippen LogP contribution is -2.39. The van der Waals surface area contributed by atoms with E-state index in [0.717, 1.165) is 27.2 Å². The molecule has 1 aromatic carbocycles. The third-order valence-electron chi connectivity index (χ3n) is 3.95. The van der Waals surface area contributed by atoms with Crippen LogP contribution in [-0.2, 0) is 11.5 Å². The molecule has 0 spiro atoms. The van der Waals surface area contributed by atoms with Gasteiger partial charge in [0.05, 0.1) is 12.3 Å². The van der Waals surface area contributed by atoms with Gasteiger partial charge < -0.3 is 9.47 Å². The summed E-state index contributed by atoms with van der Waals surface area (Å²) in [6.45, 7) is 7.97. The SMILES string of the molecule is C[Si](C)(C)CCOCn1c(=O)ccn(-c2ccc(OCCCI)cc2)c1=O. The van der Waals surface area contributed by atoms with Gasteiger partial charge in [-0.15, -0.1) is 0 Å². The van der Waals surface area contributed by atoms with Gasteiger partial charge in [0.2, 0.25) is 0 Å². The second kappa shape index (κ2) is 10.2. The first kappa shape index (κ1) is 21.9. The van der Waals surface area contributed by atoms with Crippen molar-refractivity contribution in [3.63, 3.8) is 0 Å². The van der Waals surface area contributed by atoms with Crippen molar-refractivity contribution in [1.29, 1.82) is 0 Å². The Morgan fingerprint density at radius 3 is 2.37 bits per heavy atom. The molecule has 1 aromatic heterocycles. The van der Waals surface area contributed by atoms with Gasteiger partial charge in [-0.1, -0.05) is 42.2 Å². The first-order chi connectivity index (χ1) is 12.8. The van der Waals surface area contributed by atoms with Gasteiger partial charge in [0.1, 0.15) is 12.5 Å². The zero-order valence-corrected chi connectivity index (χ0v) is 19.3. The molecule has 0 saturated heterocycles.